The van der Waals surface area contributed by atoms with E-state index < -0.39 is 21.1 Å². The number of aryl methyl sites for hydroxylation is 1. The maximum atomic E-state index is 13.2. The normalized spacial score (nSPS) is 12.4. The van der Waals surface area contributed by atoms with Crippen molar-refractivity contribution in [3.63, 3.8) is 0 Å². The number of aromatic nitrogens is 7. The fraction of sp³-hybridized carbons (Fsp3) is 0.300. The Bertz CT molecular complexity index is 1420. The molecule has 15 heteroatoms. The third-order valence-electron chi connectivity index (χ3n) is 4.90. The molecule has 35 heavy (non-hydrogen) atoms. The maximum Gasteiger partial charge on any atom is 0.245 e. The first-order valence-corrected chi connectivity index (χ1v) is 11.7. The van der Waals surface area contributed by atoms with Crippen molar-refractivity contribution in [1.82, 2.24) is 34.7 Å². The number of halogens is 1. The Balaban J connectivity index is 1.79. The average Bonchev–Trinajstić information content (AvgIpc) is 3.45. The van der Waals surface area contributed by atoms with E-state index in [0.29, 0.717) is 11.5 Å². The van der Waals surface area contributed by atoms with Crippen LogP contribution in [0.3, 0.4) is 0 Å². The van der Waals surface area contributed by atoms with Crippen LogP contribution in [0, 0.1) is 12.7 Å². The van der Waals surface area contributed by atoms with Gasteiger partial charge in [0.2, 0.25) is 33.6 Å². The van der Waals surface area contributed by atoms with Gasteiger partial charge in [0, 0.05) is 6.42 Å². The summed E-state index contributed by atoms with van der Waals surface area (Å²) in [4.78, 5) is 15.8. The van der Waals surface area contributed by atoms with Gasteiger partial charge in [-0.25, -0.2) is 27.3 Å². The topological polar surface area (TPSA) is 160 Å². The smallest absolute Gasteiger partial charge is 0.245 e. The average molecular weight is 505 g/mol. The molecule has 0 aliphatic carbocycles. The molecular weight excluding hydrogens is 483 g/mol. The van der Waals surface area contributed by atoms with E-state index in [-0.39, 0.29) is 41.5 Å². The lowest BCUT2D eigenvalue weighted by Gasteiger charge is -2.17. The number of hydrogen-bond acceptors (Lipinski definition) is 11. The number of sulfonamides is 1. The van der Waals surface area contributed by atoms with Crippen molar-refractivity contribution in [3.8, 4) is 29.0 Å². The standard InChI is InChI=1S/C20H21FN8O5S/c1-11-5-6-14(34-11)17-26-27-20(29(17)16-18(32-3)24-10-25-19(16)33-4)28-35(30,31)12(2)7-15-22-8-13(21)9-23-15/h5-6,8-10,12H,7H2,1-4H3,(H,27,28)/t12-/m1/s1. The summed E-state index contributed by atoms with van der Waals surface area (Å²) in [5, 5.41) is 7.14. The highest BCUT2D eigenvalue weighted by Crippen LogP contribution is 2.35. The number of nitrogens with zero attached hydrogens (tertiary/aromatic N) is 7. The molecule has 4 aromatic heterocycles. The molecule has 0 aromatic carbocycles. The molecule has 13 nitrogen and oxygen atoms in total. The number of hydrogen-bond donors (Lipinski definition) is 1. The van der Waals surface area contributed by atoms with Gasteiger partial charge in [0.05, 0.1) is 31.9 Å². The van der Waals surface area contributed by atoms with Crippen molar-refractivity contribution in [1.29, 1.82) is 0 Å². The second kappa shape index (κ2) is 9.61. The summed E-state index contributed by atoms with van der Waals surface area (Å²) in [5.41, 5.74) is 0.152. The van der Waals surface area contributed by atoms with E-state index >= 15 is 0 Å². The molecule has 4 rings (SSSR count). The van der Waals surface area contributed by atoms with Crippen molar-refractivity contribution in [2.45, 2.75) is 25.5 Å². The minimum atomic E-state index is -4.06. The molecule has 0 radical (unpaired) electrons. The van der Waals surface area contributed by atoms with Crippen molar-refractivity contribution in [2.75, 3.05) is 18.9 Å². The zero-order valence-electron chi connectivity index (χ0n) is 19.1. The molecule has 4 aromatic rings. The number of ether oxygens (including phenoxy) is 2. The largest absolute Gasteiger partial charge is 0.479 e. The Labute approximate surface area is 199 Å². The highest BCUT2D eigenvalue weighted by Gasteiger charge is 2.30. The number of nitrogens with one attached hydrogen (secondary N) is 1. The molecule has 4 heterocycles. The monoisotopic (exact) mass is 504 g/mol. The van der Waals surface area contributed by atoms with E-state index in [2.05, 4.69) is 34.9 Å². The first kappa shape index (κ1) is 24.0. The van der Waals surface area contributed by atoms with Crippen molar-refractivity contribution in [3.05, 3.63) is 48.3 Å². The summed E-state index contributed by atoms with van der Waals surface area (Å²) in [6.07, 6.45) is 3.10. The second-order valence-corrected chi connectivity index (χ2v) is 9.41. The third kappa shape index (κ3) is 4.89. The minimum absolute atomic E-state index is 0.0743. The Hall–Kier alpha value is -4.14. The molecule has 0 aliphatic heterocycles. The Morgan fingerprint density at radius 1 is 1.09 bits per heavy atom. The van der Waals surface area contributed by atoms with Crippen LogP contribution in [0.1, 0.15) is 18.5 Å². The van der Waals surface area contributed by atoms with E-state index in [1.165, 1.54) is 32.0 Å². The Morgan fingerprint density at radius 3 is 2.31 bits per heavy atom. The minimum Gasteiger partial charge on any atom is -0.479 e. The molecule has 1 atom stereocenters. The van der Waals surface area contributed by atoms with Crippen LogP contribution < -0.4 is 14.2 Å². The van der Waals surface area contributed by atoms with Gasteiger partial charge in [-0.3, -0.25) is 4.72 Å². The second-order valence-electron chi connectivity index (χ2n) is 7.31. The first-order valence-electron chi connectivity index (χ1n) is 10.2. The lowest BCUT2D eigenvalue weighted by atomic mass is 10.3. The van der Waals surface area contributed by atoms with E-state index in [1.807, 2.05) is 0 Å². The van der Waals surface area contributed by atoms with E-state index in [1.54, 1.807) is 19.1 Å². The summed E-state index contributed by atoms with van der Waals surface area (Å²) in [6.45, 7) is 3.21. The van der Waals surface area contributed by atoms with E-state index in [4.69, 9.17) is 13.9 Å². The van der Waals surface area contributed by atoms with Gasteiger partial charge in [-0.2, -0.15) is 9.97 Å². The van der Waals surface area contributed by atoms with Crippen LogP contribution in [0.2, 0.25) is 0 Å². The Kier molecular flexibility index (Phi) is 6.59. The molecule has 0 saturated heterocycles. The number of methoxy groups -OCH3 is 2. The molecule has 1 N–H and O–H groups in total. The molecule has 0 unspecified atom stereocenters. The molecule has 184 valence electrons. The number of furan rings is 1. The quantitative estimate of drug-likeness (QED) is 0.355. The van der Waals surface area contributed by atoms with Crippen LogP contribution in [0.5, 0.6) is 11.8 Å². The number of rotatable bonds is 9. The predicted octanol–water partition coefficient (Wildman–Crippen LogP) is 1.94. The third-order valence-corrected chi connectivity index (χ3v) is 6.59. The molecule has 0 spiro atoms. The van der Waals surface area contributed by atoms with Gasteiger partial charge in [-0.05, 0) is 26.0 Å². The molecule has 0 bridgehead atoms. The lowest BCUT2D eigenvalue weighted by Crippen LogP contribution is -2.29. The predicted molar refractivity (Wildman–Crippen MR) is 120 cm³/mol. The van der Waals surface area contributed by atoms with Crippen LogP contribution in [0.4, 0.5) is 10.3 Å². The lowest BCUT2D eigenvalue weighted by molar-refractivity contribution is 0.368. The Morgan fingerprint density at radius 2 is 1.74 bits per heavy atom. The molecule has 0 fully saturated rings. The molecule has 0 saturated carbocycles. The first-order chi connectivity index (χ1) is 16.7. The van der Waals surface area contributed by atoms with Gasteiger partial charge in [0.1, 0.15) is 17.9 Å². The highest BCUT2D eigenvalue weighted by atomic mass is 32.2. The van der Waals surface area contributed by atoms with Crippen molar-refractivity contribution >= 4 is 16.0 Å². The van der Waals surface area contributed by atoms with Crippen molar-refractivity contribution < 1.29 is 26.7 Å². The molecule has 0 aliphatic rings. The van der Waals surface area contributed by atoms with Crippen LogP contribution in [-0.4, -0.2) is 62.6 Å². The fourth-order valence-electron chi connectivity index (χ4n) is 3.15. The van der Waals surface area contributed by atoms with Gasteiger partial charge < -0.3 is 13.9 Å². The summed E-state index contributed by atoms with van der Waals surface area (Å²) in [5.74, 6) is 0.572. The maximum absolute atomic E-state index is 13.2. The molecule has 0 amide bonds. The van der Waals surface area contributed by atoms with Gasteiger partial charge in [-0.15, -0.1) is 10.2 Å². The fourth-order valence-corrected chi connectivity index (χ4v) is 4.11. The van der Waals surface area contributed by atoms with Gasteiger partial charge >= 0.3 is 0 Å². The summed E-state index contributed by atoms with van der Waals surface area (Å²) in [6, 6.07) is 3.38. The zero-order valence-corrected chi connectivity index (χ0v) is 19.9. The van der Waals surface area contributed by atoms with Gasteiger partial charge in [0.15, 0.2) is 17.3 Å². The summed E-state index contributed by atoms with van der Waals surface area (Å²) < 4.78 is 59.6. The van der Waals surface area contributed by atoms with Gasteiger partial charge in [0.25, 0.3) is 0 Å². The van der Waals surface area contributed by atoms with Crippen LogP contribution in [-0.2, 0) is 16.4 Å². The number of anilines is 1. The SMILES string of the molecule is COc1ncnc(OC)c1-n1c(NS(=O)(=O)[C@H](C)Cc2ncc(F)cn2)nnc1-c1ccc(C)o1. The summed E-state index contributed by atoms with van der Waals surface area (Å²) in [7, 11) is -1.28. The van der Waals surface area contributed by atoms with Crippen molar-refractivity contribution in [2.24, 2.45) is 0 Å². The van der Waals surface area contributed by atoms with Crippen LogP contribution in [0.15, 0.2) is 35.3 Å². The van der Waals surface area contributed by atoms with Gasteiger partial charge in [-0.1, -0.05) is 0 Å². The van der Waals surface area contributed by atoms with Crippen LogP contribution in [0.25, 0.3) is 17.3 Å². The summed E-state index contributed by atoms with van der Waals surface area (Å²) >= 11 is 0. The molecular formula is C20H21FN8O5S. The van der Waals surface area contributed by atoms with E-state index in [9.17, 15) is 12.8 Å². The highest BCUT2D eigenvalue weighted by molar-refractivity contribution is 7.93. The zero-order chi connectivity index (χ0) is 25.2. The van der Waals surface area contributed by atoms with E-state index in [0.717, 1.165) is 12.4 Å². The van der Waals surface area contributed by atoms with Crippen LogP contribution >= 0.6 is 0 Å².